The smallest absolute Gasteiger partial charge is 0.326 e. The maximum Gasteiger partial charge on any atom is 0.326 e. The Kier molecular flexibility index (Phi) is 7.52. The molecule has 1 aliphatic heterocycles. The summed E-state index contributed by atoms with van der Waals surface area (Å²) >= 11 is 7.07. The van der Waals surface area contributed by atoms with E-state index in [2.05, 4.69) is 5.32 Å². The number of nitrogens with zero attached hydrogens (tertiary/aromatic N) is 2. The van der Waals surface area contributed by atoms with E-state index in [9.17, 15) is 22.8 Å². The molecule has 0 aliphatic carbocycles. The number of thiazole rings is 1. The maximum absolute atomic E-state index is 12.8. The molecule has 0 radical (unpaired) electrons. The molecule has 0 unspecified atom stereocenters. The van der Waals surface area contributed by atoms with Gasteiger partial charge in [0.25, 0.3) is 5.91 Å². The van der Waals surface area contributed by atoms with Crippen molar-refractivity contribution in [3.63, 3.8) is 0 Å². The van der Waals surface area contributed by atoms with E-state index in [1.54, 1.807) is 12.3 Å². The molecule has 1 aromatic heterocycles. The number of anilines is 1. The normalized spacial score (nSPS) is 14.9. The first-order valence-corrected chi connectivity index (χ1v) is 12.3. The standard InChI is InChI=1S/C19H22ClN3O6S2/c1-13-12-30-19(26)23(13)10-18(25)29-11-17(24)21-16-9-14(5-6-15(16)20)31(27,28)22-7-3-2-4-8-22/h5-6,9,12H,2-4,7-8,10-11H2,1H3,(H,21,24). The lowest BCUT2D eigenvalue weighted by Gasteiger charge is -2.26. The van der Waals surface area contributed by atoms with E-state index in [0.717, 1.165) is 30.6 Å². The summed E-state index contributed by atoms with van der Waals surface area (Å²) in [6, 6.07) is 4.08. The summed E-state index contributed by atoms with van der Waals surface area (Å²) in [4.78, 5) is 35.5. The molecule has 0 saturated carbocycles. The highest BCUT2D eigenvalue weighted by atomic mass is 35.5. The van der Waals surface area contributed by atoms with Gasteiger partial charge in [-0.15, -0.1) is 0 Å². The van der Waals surface area contributed by atoms with Crippen LogP contribution in [0.5, 0.6) is 0 Å². The molecule has 1 aliphatic rings. The van der Waals surface area contributed by atoms with Crippen LogP contribution in [0.1, 0.15) is 25.0 Å². The molecule has 3 rings (SSSR count). The molecule has 12 heteroatoms. The van der Waals surface area contributed by atoms with Crippen LogP contribution in [0, 0.1) is 6.92 Å². The summed E-state index contributed by atoms with van der Waals surface area (Å²) in [7, 11) is -3.69. The van der Waals surface area contributed by atoms with Crippen molar-refractivity contribution in [2.45, 2.75) is 37.6 Å². The van der Waals surface area contributed by atoms with Crippen LogP contribution in [0.4, 0.5) is 5.69 Å². The summed E-state index contributed by atoms with van der Waals surface area (Å²) in [5.41, 5.74) is 0.723. The number of aryl methyl sites for hydroxylation is 1. The fraction of sp³-hybridized carbons (Fsp3) is 0.421. The minimum atomic E-state index is -3.69. The van der Waals surface area contributed by atoms with Crippen molar-refractivity contribution in [1.29, 1.82) is 0 Å². The molecule has 9 nitrogen and oxygen atoms in total. The minimum absolute atomic E-state index is 0.0263. The number of halogens is 1. The predicted molar refractivity (Wildman–Crippen MR) is 117 cm³/mol. The third kappa shape index (κ3) is 5.73. The summed E-state index contributed by atoms with van der Waals surface area (Å²) in [5, 5.41) is 4.24. The van der Waals surface area contributed by atoms with Crippen LogP contribution >= 0.6 is 22.9 Å². The highest BCUT2D eigenvalue weighted by Crippen LogP contribution is 2.28. The van der Waals surface area contributed by atoms with Crippen LogP contribution in [-0.2, 0) is 30.9 Å². The van der Waals surface area contributed by atoms with Gasteiger partial charge in [0.15, 0.2) is 6.61 Å². The number of rotatable bonds is 7. The van der Waals surface area contributed by atoms with Crippen molar-refractivity contribution in [3.05, 3.63) is 44.0 Å². The lowest BCUT2D eigenvalue weighted by Crippen LogP contribution is -2.35. The van der Waals surface area contributed by atoms with Crippen LogP contribution < -0.4 is 10.2 Å². The van der Waals surface area contributed by atoms with Crippen LogP contribution in [-0.4, -0.2) is 48.9 Å². The average Bonchev–Trinajstić information content (AvgIpc) is 3.06. The van der Waals surface area contributed by atoms with Crippen LogP contribution in [0.15, 0.2) is 33.3 Å². The monoisotopic (exact) mass is 487 g/mol. The number of benzene rings is 1. The third-order valence-corrected chi connectivity index (χ3v) is 7.90. The molecule has 1 saturated heterocycles. The van der Waals surface area contributed by atoms with E-state index in [1.807, 2.05) is 0 Å². The van der Waals surface area contributed by atoms with E-state index >= 15 is 0 Å². The van der Waals surface area contributed by atoms with Crippen molar-refractivity contribution in [3.8, 4) is 0 Å². The van der Waals surface area contributed by atoms with Gasteiger partial charge in [0, 0.05) is 24.2 Å². The Balaban J connectivity index is 1.62. The number of esters is 1. The number of aromatic nitrogens is 1. The second kappa shape index (κ2) is 9.94. The highest BCUT2D eigenvalue weighted by Gasteiger charge is 2.26. The van der Waals surface area contributed by atoms with Gasteiger partial charge in [-0.05, 0) is 38.0 Å². The van der Waals surface area contributed by atoms with Gasteiger partial charge in [0.1, 0.15) is 6.54 Å². The number of carbonyl (C=O) groups is 2. The highest BCUT2D eigenvalue weighted by molar-refractivity contribution is 7.89. The molecule has 1 aromatic carbocycles. The van der Waals surface area contributed by atoms with Gasteiger partial charge in [-0.25, -0.2) is 8.42 Å². The number of amides is 1. The Labute approximate surface area is 188 Å². The molecule has 0 spiro atoms. The van der Waals surface area contributed by atoms with E-state index in [4.69, 9.17) is 16.3 Å². The van der Waals surface area contributed by atoms with E-state index in [1.165, 1.54) is 27.1 Å². The molecule has 2 aromatic rings. The van der Waals surface area contributed by atoms with Crippen LogP contribution in [0.25, 0.3) is 0 Å². The molecule has 31 heavy (non-hydrogen) atoms. The first-order valence-electron chi connectivity index (χ1n) is 9.58. The van der Waals surface area contributed by atoms with E-state index < -0.39 is 28.5 Å². The quantitative estimate of drug-likeness (QED) is 0.599. The summed E-state index contributed by atoms with van der Waals surface area (Å²) in [5.74, 6) is -1.43. The zero-order valence-corrected chi connectivity index (χ0v) is 19.2. The molecule has 168 valence electrons. The second-order valence-electron chi connectivity index (χ2n) is 7.04. The average molecular weight is 488 g/mol. The first-order chi connectivity index (χ1) is 14.7. The summed E-state index contributed by atoms with van der Waals surface area (Å²) < 4.78 is 33.2. The molecule has 2 heterocycles. The van der Waals surface area contributed by atoms with Gasteiger partial charge >= 0.3 is 10.8 Å². The van der Waals surface area contributed by atoms with Crippen molar-refractivity contribution in [2.24, 2.45) is 0 Å². The van der Waals surface area contributed by atoms with Crippen molar-refractivity contribution < 1.29 is 22.7 Å². The molecule has 1 N–H and O–H groups in total. The lowest BCUT2D eigenvalue weighted by atomic mass is 10.2. The third-order valence-electron chi connectivity index (χ3n) is 4.79. The van der Waals surface area contributed by atoms with Crippen molar-refractivity contribution >= 4 is 50.5 Å². The molecule has 1 amide bonds. The zero-order valence-electron chi connectivity index (χ0n) is 16.8. The van der Waals surface area contributed by atoms with Crippen LogP contribution in [0.2, 0.25) is 5.02 Å². The Morgan fingerprint density at radius 1 is 1.23 bits per heavy atom. The number of piperidine rings is 1. The SMILES string of the molecule is Cc1csc(=O)n1CC(=O)OCC(=O)Nc1cc(S(=O)(=O)N2CCCCC2)ccc1Cl. The van der Waals surface area contributed by atoms with Gasteiger partial charge in [-0.3, -0.25) is 19.0 Å². The first kappa shape index (κ1) is 23.5. The predicted octanol–water partition coefficient (Wildman–Crippen LogP) is 2.23. The van der Waals surface area contributed by atoms with Gasteiger partial charge < -0.3 is 10.1 Å². The molecule has 0 atom stereocenters. The molecular formula is C19H22ClN3O6S2. The molecule has 0 bridgehead atoms. The number of sulfonamides is 1. The lowest BCUT2D eigenvalue weighted by molar-refractivity contribution is -0.147. The number of ether oxygens (including phenoxy) is 1. The van der Waals surface area contributed by atoms with Gasteiger partial charge in [0.05, 0.1) is 15.6 Å². The molecular weight excluding hydrogens is 466 g/mol. The topological polar surface area (TPSA) is 115 Å². The van der Waals surface area contributed by atoms with Crippen molar-refractivity contribution in [2.75, 3.05) is 25.0 Å². The number of hydrogen-bond donors (Lipinski definition) is 1. The van der Waals surface area contributed by atoms with Gasteiger partial charge in [-0.2, -0.15) is 4.31 Å². The Bertz CT molecular complexity index is 1140. The van der Waals surface area contributed by atoms with E-state index in [-0.39, 0.29) is 27.0 Å². The largest absolute Gasteiger partial charge is 0.454 e. The number of hydrogen-bond acceptors (Lipinski definition) is 7. The fourth-order valence-corrected chi connectivity index (χ4v) is 5.56. The van der Waals surface area contributed by atoms with Crippen LogP contribution in [0.3, 0.4) is 0 Å². The Morgan fingerprint density at radius 2 is 1.94 bits per heavy atom. The Hall–Kier alpha value is -2.21. The van der Waals surface area contributed by atoms with E-state index in [0.29, 0.717) is 18.8 Å². The van der Waals surface area contributed by atoms with Gasteiger partial charge in [-0.1, -0.05) is 29.4 Å². The zero-order chi connectivity index (χ0) is 22.6. The molecule has 1 fully saturated rings. The fourth-order valence-electron chi connectivity index (χ4n) is 3.12. The van der Waals surface area contributed by atoms with Gasteiger partial charge in [0.2, 0.25) is 10.0 Å². The maximum atomic E-state index is 12.8. The summed E-state index contributed by atoms with van der Waals surface area (Å²) in [6.45, 7) is 1.69. The number of carbonyl (C=O) groups excluding carboxylic acids is 2. The Morgan fingerprint density at radius 3 is 2.58 bits per heavy atom. The minimum Gasteiger partial charge on any atom is -0.454 e. The van der Waals surface area contributed by atoms with Crippen molar-refractivity contribution in [1.82, 2.24) is 8.87 Å². The number of nitrogens with one attached hydrogen (secondary N) is 1. The summed E-state index contributed by atoms with van der Waals surface area (Å²) in [6.07, 6.45) is 2.60. The second-order valence-corrected chi connectivity index (χ2v) is 10.2.